The molecule has 0 atom stereocenters. The highest BCUT2D eigenvalue weighted by atomic mass is 127. The molecule has 0 spiro atoms. The van der Waals surface area contributed by atoms with Crippen LogP contribution in [0.5, 0.6) is 0 Å². The van der Waals surface area contributed by atoms with Crippen LogP contribution >= 0.6 is 22.9 Å². The summed E-state index contributed by atoms with van der Waals surface area (Å²) in [6.45, 7) is 8.37. The molecule has 6 nitrogen and oxygen atoms in total. The number of esters is 2. The molecule has 0 N–H and O–H groups in total. The van der Waals surface area contributed by atoms with Crippen molar-refractivity contribution in [3.05, 3.63) is 24.3 Å². The minimum Gasteiger partial charge on any atom is -0.464 e. The minimum atomic E-state index is -0.0972. The summed E-state index contributed by atoms with van der Waals surface area (Å²) in [4.78, 5) is 26.8. The molecule has 50 heavy (non-hydrogen) atoms. The average molecular weight is 817 g/mol. The predicted molar refractivity (Wildman–Crippen MR) is 224 cm³/mol. The third kappa shape index (κ3) is 39.8. The maximum absolute atomic E-state index is 12.3. The smallest absolute Gasteiger partial charge is 0.305 e. The van der Waals surface area contributed by atoms with Crippen molar-refractivity contribution < 1.29 is 19.1 Å². The quantitative estimate of drug-likeness (QED) is 0.0202. The van der Waals surface area contributed by atoms with E-state index in [2.05, 4.69) is 69.0 Å². The molecule has 0 unspecified atom stereocenters. The van der Waals surface area contributed by atoms with E-state index in [0.29, 0.717) is 39.1 Å². The number of unbranched alkanes of at least 4 members (excludes halogenated alkanes) is 22. The third-order valence-electron chi connectivity index (χ3n) is 9.35. The van der Waals surface area contributed by atoms with E-state index in [-0.39, 0.29) is 11.9 Å². The van der Waals surface area contributed by atoms with Crippen LogP contribution in [-0.4, -0.2) is 66.4 Å². The molecule has 0 fully saturated rings. The van der Waals surface area contributed by atoms with Crippen LogP contribution in [0.15, 0.2) is 24.3 Å². The number of hydrogen-bond acceptors (Lipinski definition) is 6. The van der Waals surface area contributed by atoms with Gasteiger partial charge >= 0.3 is 11.9 Å². The van der Waals surface area contributed by atoms with Gasteiger partial charge in [0.25, 0.3) is 0 Å². The number of ether oxygens (including phenoxy) is 2. The van der Waals surface area contributed by atoms with Gasteiger partial charge in [-0.2, -0.15) is 0 Å². The molecular weight excluding hydrogens is 735 g/mol. The van der Waals surface area contributed by atoms with Gasteiger partial charge in [0.1, 0.15) is 13.2 Å². The Balaban J connectivity index is 3.80. The van der Waals surface area contributed by atoms with Gasteiger partial charge in [-0.25, -0.2) is 3.11 Å². The van der Waals surface area contributed by atoms with Gasteiger partial charge in [0.15, 0.2) is 0 Å². The molecule has 0 rings (SSSR count). The summed E-state index contributed by atoms with van der Waals surface area (Å²) in [5, 5.41) is 0. The van der Waals surface area contributed by atoms with Crippen molar-refractivity contribution in [1.29, 1.82) is 0 Å². The summed E-state index contributed by atoms with van der Waals surface area (Å²) in [7, 11) is 2.04. The average Bonchev–Trinajstić information content (AvgIpc) is 3.10. The van der Waals surface area contributed by atoms with Crippen LogP contribution < -0.4 is 0 Å². The van der Waals surface area contributed by atoms with Crippen molar-refractivity contribution in [3.8, 4) is 0 Å². The Bertz CT molecular complexity index is 731. The number of hydrogen-bond donors (Lipinski definition) is 0. The number of nitrogens with zero attached hydrogens (tertiary/aromatic N) is 2. The maximum Gasteiger partial charge on any atom is 0.305 e. The fourth-order valence-corrected chi connectivity index (χ4v) is 6.23. The molecule has 0 saturated heterocycles. The van der Waals surface area contributed by atoms with E-state index in [1.54, 1.807) is 0 Å². The van der Waals surface area contributed by atoms with Crippen molar-refractivity contribution >= 4 is 34.8 Å². The van der Waals surface area contributed by atoms with E-state index < -0.39 is 0 Å². The molecule has 0 aliphatic rings. The Labute approximate surface area is 324 Å². The van der Waals surface area contributed by atoms with Crippen LogP contribution in [0.3, 0.4) is 0 Å². The van der Waals surface area contributed by atoms with Gasteiger partial charge in [-0.05, 0) is 71.3 Å². The molecule has 7 heteroatoms. The molecule has 0 aromatic heterocycles. The van der Waals surface area contributed by atoms with E-state index in [4.69, 9.17) is 9.47 Å². The lowest BCUT2D eigenvalue weighted by atomic mass is 10.1. The Morgan fingerprint density at radius 2 is 0.780 bits per heavy atom. The monoisotopic (exact) mass is 817 g/mol. The van der Waals surface area contributed by atoms with Crippen LogP contribution in [-0.2, 0) is 19.1 Å². The van der Waals surface area contributed by atoms with Crippen LogP contribution in [0.4, 0.5) is 0 Å². The summed E-state index contributed by atoms with van der Waals surface area (Å²) in [5.74, 6) is -0.194. The molecular formula is C43H81IN2O4. The highest BCUT2D eigenvalue weighted by Gasteiger charge is 2.10. The van der Waals surface area contributed by atoms with E-state index >= 15 is 0 Å². The Morgan fingerprint density at radius 1 is 0.460 bits per heavy atom. The minimum absolute atomic E-state index is 0.0972. The molecule has 294 valence electrons. The summed E-state index contributed by atoms with van der Waals surface area (Å²) in [5.41, 5.74) is 0. The molecule has 0 aliphatic heterocycles. The van der Waals surface area contributed by atoms with E-state index in [1.807, 2.05) is 7.05 Å². The lowest BCUT2D eigenvalue weighted by Gasteiger charge is -2.23. The van der Waals surface area contributed by atoms with Crippen molar-refractivity contribution in [3.63, 3.8) is 0 Å². The largest absolute Gasteiger partial charge is 0.464 e. The Kier molecular flexibility index (Phi) is 40.1. The van der Waals surface area contributed by atoms with Crippen molar-refractivity contribution in [2.75, 3.05) is 46.4 Å². The fraction of sp³-hybridized carbons (Fsp3) is 0.860. The van der Waals surface area contributed by atoms with E-state index in [9.17, 15) is 9.59 Å². The van der Waals surface area contributed by atoms with Gasteiger partial charge in [0, 0.05) is 61.9 Å². The van der Waals surface area contributed by atoms with Gasteiger partial charge < -0.3 is 9.47 Å². The van der Waals surface area contributed by atoms with Gasteiger partial charge in [-0.1, -0.05) is 141 Å². The molecule has 0 saturated carbocycles. The standard InChI is InChI=1S/C43H81IN2O4/c1-4-6-8-10-12-14-16-18-20-22-24-26-28-30-32-34-42(47)49-40-38-46(37-36-45(3)44)39-41-50-43(48)35-33-31-29-27-25-23-21-19-17-15-13-11-9-7-5-2/h18-21H,4-17,22-41H2,1-3H3/b20-18-,21-19-. The van der Waals surface area contributed by atoms with Crippen LogP contribution in [0, 0.1) is 0 Å². The zero-order valence-electron chi connectivity index (χ0n) is 33.3. The van der Waals surface area contributed by atoms with Crippen LogP contribution in [0.25, 0.3) is 0 Å². The second-order valence-corrected chi connectivity index (χ2v) is 15.9. The Morgan fingerprint density at radius 3 is 1.12 bits per heavy atom. The third-order valence-corrected chi connectivity index (χ3v) is 9.83. The number of carbonyl (C=O) groups is 2. The van der Waals surface area contributed by atoms with Gasteiger partial charge in [-0.15, -0.1) is 0 Å². The summed E-state index contributed by atoms with van der Waals surface area (Å²) < 4.78 is 13.2. The number of likely N-dealkylation sites (N-methyl/N-ethyl adjacent to an activating group) is 1. The van der Waals surface area contributed by atoms with Gasteiger partial charge in [0.05, 0.1) is 0 Å². The first-order valence-electron chi connectivity index (χ1n) is 21.2. The number of allylic oxidation sites excluding steroid dienone is 4. The molecule has 0 aromatic carbocycles. The summed E-state index contributed by atoms with van der Waals surface area (Å²) >= 11 is 2.28. The molecule has 0 aliphatic carbocycles. The van der Waals surface area contributed by atoms with Crippen molar-refractivity contribution in [2.45, 2.75) is 194 Å². The zero-order chi connectivity index (χ0) is 36.6. The second-order valence-electron chi connectivity index (χ2n) is 14.3. The molecule has 0 amide bonds. The summed E-state index contributed by atoms with van der Waals surface area (Å²) in [6.07, 6.45) is 43.0. The first kappa shape index (κ1) is 49.1. The molecule has 0 heterocycles. The molecule has 0 bridgehead atoms. The lowest BCUT2D eigenvalue weighted by molar-refractivity contribution is -0.144. The van der Waals surface area contributed by atoms with Crippen LogP contribution in [0.1, 0.15) is 194 Å². The maximum atomic E-state index is 12.3. The van der Waals surface area contributed by atoms with Crippen molar-refractivity contribution in [2.24, 2.45) is 0 Å². The summed E-state index contributed by atoms with van der Waals surface area (Å²) in [6, 6.07) is 0. The van der Waals surface area contributed by atoms with E-state index in [0.717, 1.165) is 38.8 Å². The first-order valence-corrected chi connectivity index (χ1v) is 22.2. The molecule has 0 aromatic rings. The normalized spacial score (nSPS) is 11.9. The number of carbonyl (C=O) groups excluding carboxylic acids is 2. The van der Waals surface area contributed by atoms with Gasteiger partial charge in [-0.3, -0.25) is 14.5 Å². The fourth-order valence-electron chi connectivity index (χ4n) is 6.02. The topological polar surface area (TPSA) is 59.1 Å². The van der Waals surface area contributed by atoms with Crippen molar-refractivity contribution in [1.82, 2.24) is 8.01 Å². The highest BCUT2D eigenvalue weighted by Crippen LogP contribution is 2.12. The van der Waals surface area contributed by atoms with E-state index in [1.165, 1.54) is 141 Å². The Hall–Kier alpha value is -0.930. The first-order chi connectivity index (χ1) is 24.5. The second kappa shape index (κ2) is 40.8. The SMILES string of the molecule is CCCCCCCC/C=C\CCCCCCCC(=O)OCCN(CCOC(=O)CCCCCCC/C=C\CCCCCCCC)CCN(C)I. The lowest BCUT2D eigenvalue weighted by Crippen LogP contribution is -2.36. The zero-order valence-corrected chi connectivity index (χ0v) is 35.4. The number of rotatable bonds is 39. The van der Waals surface area contributed by atoms with Crippen LogP contribution in [0.2, 0.25) is 0 Å². The molecule has 0 radical (unpaired) electrons. The predicted octanol–water partition coefficient (Wildman–Crippen LogP) is 12.7. The highest BCUT2D eigenvalue weighted by molar-refractivity contribution is 14.1. The van der Waals surface area contributed by atoms with Gasteiger partial charge in [0.2, 0.25) is 0 Å². The number of halogens is 1.